The molecule has 0 N–H and O–H groups in total. The van der Waals surface area contributed by atoms with Crippen LogP contribution in [-0.4, -0.2) is 102 Å². The van der Waals surface area contributed by atoms with Crippen LogP contribution in [0.4, 0.5) is 35.1 Å². The SMILES string of the molecule is [2H]c1c([2H])c(C([2H])([2H])Sc2nc(=O)c3c(n2C([2H])([2H])C(=O)N(Cc2ccc(-c4ccc(C(F)(F)F)cc4)cc2)C([2H])([2H])C([2H])([2H])N(C([2H])([2H])C)C([2H])([2H])C)C([2H])([2H])C([2H])(C)C3([2H])[2H])c([2H])c([2H])c1F.[2H]c1c([2H])c(C([2H])([2H])Sc2nc(=O)c3c(n2C([2H])([2H])C(=O)N(Cc2ccc(-c4ccc(C(F)(F)F)cc4)cc2)C([2H])([2H])C([2H])([2H])N(C([2H])([2H])C)C([2H])([2H])C)CCC3)c([2H])c([2H])c1F. The number of likely N-dealkylation sites (N-methyl/N-ethyl adjacent to an activating group) is 2. The van der Waals surface area contributed by atoms with Crippen molar-refractivity contribution in [3.05, 3.63) is 234 Å². The van der Waals surface area contributed by atoms with E-state index in [1.54, 1.807) is 0 Å². The molecule has 8 aromatic rings. The van der Waals surface area contributed by atoms with Crippen LogP contribution in [0.15, 0.2) is 165 Å². The van der Waals surface area contributed by atoms with E-state index in [1.165, 1.54) is 48.5 Å². The molecule has 0 radical (unpaired) electrons. The molecule has 0 aliphatic heterocycles. The third-order valence-corrected chi connectivity index (χ3v) is 15.1. The smallest absolute Gasteiger partial charge is 0.336 e. The average Bonchev–Trinajstić information content (AvgIpc) is 1.51. The number of halogens is 8. The van der Waals surface area contributed by atoms with Gasteiger partial charge in [-0.15, -0.1) is 0 Å². The van der Waals surface area contributed by atoms with Gasteiger partial charge < -0.3 is 28.7 Å². The lowest BCUT2D eigenvalue weighted by Crippen LogP contribution is -2.40. The van der Waals surface area contributed by atoms with Gasteiger partial charge in [0.2, 0.25) is 11.8 Å². The van der Waals surface area contributed by atoms with Gasteiger partial charge >= 0.3 is 12.4 Å². The van der Waals surface area contributed by atoms with E-state index in [0.29, 0.717) is 36.5 Å². The number of carbonyl (C=O) groups is 2. The highest BCUT2D eigenvalue weighted by Gasteiger charge is 2.33. The van der Waals surface area contributed by atoms with E-state index >= 15 is 4.79 Å². The Labute approximate surface area is 609 Å². The number of rotatable bonds is 26. The number of hydrogen-bond acceptors (Lipinski definition) is 10. The second-order valence-electron chi connectivity index (χ2n) is 19.8. The molecule has 2 heterocycles. The first-order valence-corrected chi connectivity index (χ1v) is 29.6. The molecule has 2 aromatic heterocycles. The summed E-state index contributed by atoms with van der Waals surface area (Å²) in [5.74, 6) is -10.7. The van der Waals surface area contributed by atoms with Crippen molar-refractivity contribution in [2.24, 2.45) is 5.89 Å². The van der Waals surface area contributed by atoms with E-state index in [-0.39, 0.29) is 88.7 Å². The van der Waals surface area contributed by atoms with Gasteiger partial charge in [-0.1, -0.05) is 155 Å². The molecular formula is C73H78F8N8O4S2. The number of fused-ring (bicyclic) bond motifs is 2. The molecule has 0 spiro atoms. The topological polar surface area (TPSA) is 117 Å². The highest BCUT2D eigenvalue weighted by atomic mass is 32.2. The van der Waals surface area contributed by atoms with Gasteiger partial charge in [0.05, 0.1) is 33.1 Å². The molecule has 95 heavy (non-hydrogen) atoms. The summed E-state index contributed by atoms with van der Waals surface area (Å²) in [6, 6.07) is 7.56. The van der Waals surface area contributed by atoms with Gasteiger partial charge in [0.25, 0.3) is 11.1 Å². The van der Waals surface area contributed by atoms with Crippen molar-refractivity contribution < 1.29 is 95.4 Å². The van der Waals surface area contributed by atoms with Crippen molar-refractivity contribution in [3.63, 3.8) is 0 Å². The summed E-state index contributed by atoms with van der Waals surface area (Å²) < 4.78 is 429. The lowest BCUT2D eigenvalue weighted by atomic mass is 10.0. The maximum atomic E-state index is 15.2. The van der Waals surface area contributed by atoms with Gasteiger partial charge in [-0.25, -0.2) is 8.78 Å². The van der Waals surface area contributed by atoms with Crippen LogP contribution in [0.5, 0.6) is 0 Å². The number of thioether (sulfide) groups is 2. The Balaban J connectivity index is 0.000000298. The van der Waals surface area contributed by atoms with E-state index in [9.17, 15) is 57.7 Å². The van der Waals surface area contributed by atoms with Crippen molar-refractivity contribution >= 4 is 35.3 Å². The van der Waals surface area contributed by atoms with Crippen LogP contribution < -0.4 is 11.1 Å². The number of alkyl halides is 6. The van der Waals surface area contributed by atoms with Crippen LogP contribution >= 0.6 is 23.5 Å². The first kappa shape index (κ1) is 37.0. The number of hydrogen-bond donors (Lipinski definition) is 0. The second-order valence-corrected chi connectivity index (χ2v) is 21.3. The van der Waals surface area contributed by atoms with Gasteiger partial charge in [0, 0.05) is 102 Å². The van der Waals surface area contributed by atoms with Gasteiger partial charge in [-0.05, 0) is 157 Å². The average molecular weight is 1380 g/mol. The molecule has 12 nitrogen and oxygen atoms in total. The van der Waals surface area contributed by atoms with Crippen LogP contribution in [0.2, 0.25) is 0 Å². The van der Waals surface area contributed by atoms with Crippen LogP contribution in [0.25, 0.3) is 22.3 Å². The molecule has 2 aliphatic carbocycles. The molecule has 0 fully saturated rings. The molecule has 10 rings (SSSR count). The summed E-state index contributed by atoms with van der Waals surface area (Å²) in [4.78, 5) is 64.1. The number of aromatic nitrogens is 4. The number of amides is 2. The standard InChI is InChI=1S/C37H40F4N4O2S.C36H38F4N4O2S/c1-4-43(5-2)18-19-44(22-26-6-10-28(11-7-26)29-12-14-30(15-13-29)37(39,40)41)34(46)23-45-33-21-25(3)20-32(33)35(47)42-36(45)48-24-27-8-16-31(38)17-9-27;1-3-42(4-2)20-21-43(22-25-8-12-27(13-9-25)28-14-16-29(17-15-28)36(38,39)40)33(45)23-44-32-7-5-6-31(32)34(46)41-35(44)47-24-26-10-18-30(37)19-11-26/h6-17,25H,4-5,18-24H2,1-3H3;8-19H,3-7,20-24H2,1-2H3/i4D2,5D2,8D,9D,16D,17D,18D2,19D2,20D2,21D2,23D2,24D2,25D;3D2,4D2,10D,11D,18D,19D,20D2,21D2,23D2,24D2. The predicted octanol–water partition coefficient (Wildman–Crippen LogP) is 14.7. The summed E-state index contributed by atoms with van der Waals surface area (Å²) in [5, 5.41) is -2.40. The molecule has 0 saturated heterocycles. The van der Waals surface area contributed by atoms with Gasteiger partial charge in [-0.2, -0.15) is 36.3 Å². The zero-order chi connectivity index (χ0) is 101. The van der Waals surface area contributed by atoms with E-state index in [1.807, 2.05) is 0 Å². The summed E-state index contributed by atoms with van der Waals surface area (Å²) in [6.45, 7) is -35.1. The summed E-state index contributed by atoms with van der Waals surface area (Å²) in [7, 11) is 0. The fourth-order valence-corrected chi connectivity index (χ4v) is 10.2. The predicted molar refractivity (Wildman–Crippen MR) is 358 cm³/mol. The number of nitrogens with zero attached hydrogens (tertiary/aromatic N) is 8. The quantitative estimate of drug-likeness (QED) is 0.0295. The van der Waals surface area contributed by atoms with Gasteiger partial charge in [-0.3, -0.25) is 19.2 Å². The molecular weight excluding hydrogens is 1270 g/mol. The monoisotopic (exact) mass is 1380 g/mol. The van der Waals surface area contributed by atoms with Gasteiger partial charge in [0.15, 0.2) is 10.3 Å². The fraction of sp³-hybridized carbons (Fsp3) is 0.370. The van der Waals surface area contributed by atoms with Crippen molar-refractivity contribution in [2.75, 3.05) is 52.0 Å². The normalized spacial score (nSPS) is 23.0. The maximum Gasteiger partial charge on any atom is 0.416 e. The number of benzene rings is 6. The molecule has 0 bridgehead atoms. The molecule has 1 atom stereocenters. The highest BCUT2D eigenvalue weighted by Crippen LogP contribution is 2.35. The summed E-state index contributed by atoms with van der Waals surface area (Å²) >= 11 is -0.647. The molecule has 2 amide bonds. The Morgan fingerprint density at radius 3 is 1.28 bits per heavy atom. The minimum Gasteiger partial charge on any atom is -0.336 e. The molecule has 22 heteroatoms. The lowest BCUT2D eigenvalue weighted by Gasteiger charge is -2.28. The third kappa shape index (κ3) is 19.2. The Hall–Kier alpha value is -7.92. The molecule has 502 valence electrons. The van der Waals surface area contributed by atoms with Crippen LogP contribution in [0.3, 0.4) is 0 Å². The van der Waals surface area contributed by atoms with E-state index in [4.69, 9.17) is 42.5 Å². The van der Waals surface area contributed by atoms with Crippen LogP contribution in [-0.2, 0) is 85.0 Å². The van der Waals surface area contributed by atoms with Crippen LogP contribution in [0.1, 0.15) is 148 Å². The van der Waals surface area contributed by atoms with E-state index in [2.05, 4.69) is 9.97 Å². The van der Waals surface area contributed by atoms with E-state index in [0.717, 1.165) is 62.4 Å². The second kappa shape index (κ2) is 32.7. The lowest BCUT2D eigenvalue weighted by molar-refractivity contribution is -0.138. The first-order valence-electron chi connectivity index (χ1n) is 46.4. The Morgan fingerprint density at radius 1 is 0.537 bits per heavy atom. The molecule has 0 saturated carbocycles. The van der Waals surface area contributed by atoms with Crippen molar-refractivity contribution in [3.8, 4) is 22.3 Å². The van der Waals surface area contributed by atoms with E-state index < -0.39 is 259 Å². The zero-order valence-corrected chi connectivity index (χ0v) is 52.0. The first-order chi connectivity index (χ1) is 59.4. The number of carbonyl (C=O) groups excluding carboxylic acids is 2. The highest BCUT2D eigenvalue weighted by molar-refractivity contribution is 7.98. The molecule has 2 aliphatic rings. The summed E-state index contributed by atoms with van der Waals surface area (Å²) in [5.41, 5.74) is -16.1. The van der Waals surface area contributed by atoms with Crippen molar-refractivity contribution in [1.82, 2.24) is 38.7 Å². The summed E-state index contributed by atoms with van der Waals surface area (Å²) in [6.07, 6.45) is -16.3. The Kier molecular flexibility index (Phi) is 12.7. The largest absolute Gasteiger partial charge is 0.416 e. The Morgan fingerprint density at radius 2 is 0.905 bits per heavy atom. The fourth-order valence-electron chi connectivity index (χ4n) is 8.88. The van der Waals surface area contributed by atoms with Crippen molar-refractivity contribution in [2.45, 2.75) is 127 Å². The van der Waals surface area contributed by atoms with Gasteiger partial charge in [0.1, 0.15) is 24.6 Å². The molecule has 1 unspecified atom stereocenters. The minimum atomic E-state index is -4.68. The maximum absolute atomic E-state index is 15.2. The van der Waals surface area contributed by atoms with Crippen LogP contribution in [0, 0.1) is 17.5 Å². The minimum absolute atomic E-state index is 0.0100. The third-order valence-electron chi connectivity index (χ3n) is 13.5. The van der Waals surface area contributed by atoms with Crippen molar-refractivity contribution in [1.29, 1.82) is 0 Å². The molecule has 6 aromatic carbocycles. The zero-order valence-electron chi connectivity index (χ0n) is 87.3. The Bertz CT molecular complexity index is 5850.